The van der Waals surface area contributed by atoms with Gasteiger partial charge in [0.15, 0.2) is 0 Å². The van der Waals surface area contributed by atoms with Crippen molar-refractivity contribution in [1.29, 1.82) is 0 Å². The lowest BCUT2D eigenvalue weighted by molar-refractivity contribution is 0.519. The van der Waals surface area contributed by atoms with Crippen molar-refractivity contribution in [1.82, 2.24) is 15.1 Å². The van der Waals surface area contributed by atoms with E-state index in [9.17, 15) is 4.39 Å². The molecule has 1 aromatic heterocycles. The lowest BCUT2D eigenvalue weighted by Gasteiger charge is -2.18. The summed E-state index contributed by atoms with van der Waals surface area (Å²) in [4.78, 5) is 0. The average molecular weight is 340 g/mol. The minimum atomic E-state index is -0.235. The molecule has 0 bridgehead atoms. The van der Waals surface area contributed by atoms with Gasteiger partial charge in [0.2, 0.25) is 0 Å². The molecule has 1 aromatic carbocycles. The summed E-state index contributed by atoms with van der Waals surface area (Å²) in [5.74, 6) is -0.235. The molecule has 1 unspecified atom stereocenters. The number of hydrogen-bond donors (Lipinski definition) is 1. The Morgan fingerprint density at radius 1 is 1.40 bits per heavy atom. The van der Waals surface area contributed by atoms with Crippen molar-refractivity contribution in [2.75, 3.05) is 6.54 Å². The number of aromatic nitrogens is 2. The van der Waals surface area contributed by atoms with E-state index in [-0.39, 0.29) is 11.9 Å². The highest BCUT2D eigenvalue weighted by atomic mass is 79.9. The van der Waals surface area contributed by atoms with Gasteiger partial charge in [-0.2, -0.15) is 5.10 Å². The Kier molecular flexibility index (Phi) is 5.31. The largest absolute Gasteiger partial charge is 0.310 e. The number of aryl methyl sites for hydroxylation is 1. The minimum Gasteiger partial charge on any atom is -0.310 e. The zero-order valence-electron chi connectivity index (χ0n) is 11.7. The Morgan fingerprint density at radius 2 is 2.20 bits per heavy atom. The standard InChI is InChI=1S/C15H19BrFN3/c1-3-7-18-15(10-12-6-8-20(2)19-12)11-4-5-14(17)13(16)9-11/h4-6,8-9,15,18H,3,7,10H2,1-2H3. The third-order valence-corrected chi connectivity index (χ3v) is 3.78. The van der Waals surface area contributed by atoms with Crippen LogP contribution < -0.4 is 5.32 Å². The molecule has 0 saturated carbocycles. The second kappa shape index (κ2) is 6.99. The highest BCUT2D eigenvalue weighted by Crippen LogP contribution is 2.23. The molecule has 1 atom stereocenters. The summed E-state index contributed by atoms with van der Waals surface area (Å²) in [5, 5.41) is 7.91. The van der Waals surface area contributed by atoms with Crippen LogP contribution in [-0.4, -0.2) is 16.3 Å². The molecule has 2 rings (SSSR count). The Labute approximate surface area is 127 Å². The maximum absolute atomic E-state index is 13.4. The van der Waals surface area contributed by atoms with Crippen LogP contribution in [0.1, 0.15) is 30.6 Å². The third kappa shape index (κ3) is 3.90. The Balaban J connectivity index is 2.19. The smallest absolute Gasteiger partial charge is 0.137 e. The highest BCUT2D eigenvalue weighted by molar-refractivity contribution is 9.10. The molecule has 0 spiro atoms. The maximum atomic E-state index is 13.4. The number of benzene rings is 1. The Bertz CT molecular complexity index is 568. The molecule has 5 heteroatoms. The van der Waals surface area contributed by atoms with Gasteiger partial charge in [-0.15, -0.1) is 0 Å². The van der Waals surface area contributed by atoms with E-state index in [0.29, 0.717) is 4.47 Å². The van der Waals surface area contributed by atoms with Crippen molar-refractivity contribution < 1.29 is 4.39 Å². The fourth-order valence-corrected chi connectivity index (χ4v) is 2.53. The van der Waals surface area contributed by atoms with Gasteiger partial charge in [-0.3, -0.25) is 4.68 Å². The predicted molar refractivity (Wildman–Crippen MR) is 82.0 cm³/mol. The molecule has 0 fully saturated rings. The van der Waals surface area contributed by atoms with Crippen LogP contribution >= 0.6 is 15.9 Å². The fourth-order valence-electron chi connectivity index (χ4n) is 2.14. The molecule has 108 valence electrons. The van der Waals surface area contributed by atoms with E-state index in [4.69, 9.17) is 0 Å². The molecule has 0 saturated heterocycles. The predicted octanol–water partition coefficient (Wildman–Crippen LogP) is 3.61. The van der Waals surface area contributed by atoms with E-state index in [1.807, 2.05) is 31.4 Å². The molecule has 0 aliphatic heterocycles. The molecule has 0 aliphatic carbocycles. The second-order valence-electron chi connectivity index (χ2n) is 4.87. The normalized spacial score (nSPS) is 12.6. The third-order valence-electron chi connectivity index (χ3n) is 3.17. The quantitative estimate of drug-likeness (QED) is 0.871. The van der Waals surface area contributed by atoms with Crippen molar-refractivity contribution in [3.05, 3.63) is 52.0 Å². The van der Waals surface area contributed by atoms with Crippen molar-refractivity contribution in [3.63, 3.8) is 0 Å². The summed E-state index contributed by atoms with van der Waals surface area (Å²) in [6, 6.07) is 7.32. The van der Waals surface area contributed by atoms with Crippen molar-refractivity contribution in [2.45, 2.75) is 25.8 Å². The minimum absolute atomic E-state index is 0.141. The first-order valence-electron chi connectivity index (χ1n) is 6.77. The molecule has 2 aromatic rings. The lowest BCUT2D eigenvalue weighted by atomic mass is 10.0. The van der Waals surface area contributed by atoms with E-state index < -0.39 is 0 Å². The SMILES string of the molecule is CCCNC(Cc1ccn(C)n1)c1ccc(F)c(Br)c1. The number of rotatable bonds is 6. The van der Waals surface area contributed by atoms with Gasteiger partial charge >= 0.3 is 0 Å². The zero-order chi connectivity index (χ0) is 14.5. The van der Waals surface area contributed by atoms with E-state index in [2.05, 4.69) is 33.3 Å². The lowest BCUT2D eigenvalue weighted by Crippen LogP contribution is -2.24. The van der Waals surface area contributed by atoms with Crippen LogP contribution in [-0.2, 0) is 13.5 Å². The van der Waals surface area contributed by atoms with Gasteiger partial charge in [0.1, 0.15) is 5.82 Å². The summed E-state index contributed by atoms with van der Waals surface area (Å²) in [5.41, 5.74) is 2.10. The molecule has 20 heavy (non-hydrogen) atoms. The van der Waals surface area contributed by atoms with Crippen molar-refractivity contribution >= 4 is 15.9 Å². The van der Waals surface area contributed by atoms with E-state index in [1.165, 1.54) is 6.07 Å². The van der Waals surface area contributed by atoms with Gasteiger partial charge in [-0.25, -0.2) is 4.39 Å². The van der Waals surface area contributed by atoms with E-state index in [1.54, 1.807) is 4.68 Å². The van der Waals surface area contributed by atoms with Gasteiger partial charge in [0, 0.05) is 25.7 Å². The molecule has 1 N–H and O–H groups in total. The zero-order valence-corrected chi connectivity index (χ0v) is 13.3. The number of halogens is 2. The molecular weight excluding hydrogens is 321 g/mol. The summed E-state index contributed by atoms with van der Waals surface area (Å²) >= 11 is 3.25. The number of nitrogens with zero attached hydrogens (tertiary/aromatic N) is 2. The van der Waals surface area contributed by atoms with Gasteiger partial charge in [0.05, 0.1) is 10.2 Å². The monoisotopic (exact) mass is 339 g/mol. The van der Waals surface area contributed by atoms with E-state index >= 15 is 0 Å². The maximum Gasteiger partial charge on any atom is 0.137 e. The van der Waals surface area contributed by atoms with Gasteiger partial charge in [-0.1, -0.05) is 13.0 Å². The fraction of sp³-hybridized carbons (Fsp3) is 0.400. The van der Waals surface area contributed by atoms with Crippen LogP contribution in [0.3, 0.4) is 0 Å². The molecular formula is C15H19BrFN3. The summed E-state index contributed by atoms with van der Waals surface area (Å²) in [7, 11) is 1.91. The van der Waals surface area contributed by atoms with Crippen molar-refractivity contribution in [3.8, 4) is 0 Å². The van der Waals surface area contributed by atoms with Crippen LogP contribution in [0.25, 0.3) is 0 Å². The van der Waals surface area contributed by atoms with Crippen LogP contribution in [0, 0.1) is 5.82 Å². The van der Waals surface area contributed by atoms with E-state index in [0.717, 1.165) is 30.6 Å². The molecule has 3 nitrogen and oxygen atoms in total. The topological polar surface area (TPSA) is 29.9 Å². The van der Waals surface area contributed by atoms with Gasteiger partial charge < -0.3 is 5.32 Å². The average Bonchev–Trinajstić information content (AvgIpc) is 2.83. The van der Waals surface area contributed by atoms with Crippen LogP contribution in [0.5, 0.6) is 0 Å². The van der Waals surface area contributed by atoms with Crippen LogP contribution in [0.4, 0.5) is 4.39 Å². The second-order valence-corrected chi connectivity index (χ2v) is 5.72. The Hall–Kier alpha value is -1.20. The van der Waals surface area contributed by atoms with Crippen molar-refractivity contribution in [2.24, 2.45) is 7.05 Å². The van der Waals surface area contributed by atoms with Crippen LogP contribution in [0.2, 0.25) is 0 Å². The molecule has 0 aliphatic rings. The van der Waals surface area contributed by atoms with Gasteiger partial charge in [-0.05, 0) is 52.7 Å². The van der Waals surface area contributed by atoms with Gasteiger partial charge in [0.25, 0.3) is 0 Å². The summed E-state index contributed by atoms with van der Waals surface area (Å²) in [6.07, 6.45) is 3.78. The summed E-state index contributed by atoms with van der Waals surface area (Å²) < 4.78 is 15.7. The summed E-state index contributed by atoms with van der Waals surface area (Å²) in [6.45, 7) is 3.05. The first-order chi connectivity index (χ1) is 9.60. The molecule has 0 amide bonds. The number of nitrogens with one attached hydrogen (secondary N) is 1. The Morgan fingerprint density at radius 3 is 2.80 bits per heavy atom. The number of hydrogen-bond acceptors (Lipinski definition) is 2. The highest BCUT2D eigenvalue weighted by Gasteiger charge is 2.14. The molecule has 0 radical (unpaired) electrons. The van der Waals surface area contributed by atoms with Crippen LogP contribution in [0.15, 0.2) is 34.9 Å². The first kappa shape index (κ1) is 15.2. The first-order valence-corrected chi connectivity index (χ1v) is 7.56. The molecule has 1 heterocycles.